The lowest BCUT2D eigenvalue weighted by molar-refractivity contribution is -0.118. The Kier molecular flexibility index (Phi) is 3.95. The number of nitrogens with zero attached hydrogens (tertiary/aromatic N) is 1. The van der Waals surface area contributed by atoms with E-state index in [-0.39, 0.29) is 11.3 Å². The number of aryl methyl sites for hydroxylation is 1. The van der Waals surface area contributed by atoms with Gasteiger partial charge in [-0.25, -0.2) is 0 Å². The molecule has 1 aliphatic carbocycles. The van der Waals surface area contributed by atoms with E-state index in [4.69, 9.17) is 11.6 Å². The minimum Gasteiger partial charge on any atom is -0.308 e. The fraction of sp³-hybridized carbons (Fsp3) is 0.692. The van der Waals surface area contributed by atoms with Crippen molar-refractivity contribution < 1.29 is 4.79 Å². The van der Waals surface area contributed by atoms with Gasteiger partial charge in [0.2, 0.25) is 5.91 Å². The first-order valence-electron chi connectivity index (χ1n) is 6.50. The topological polar surface area (TPSA) is 57.8 Å². The van der Waals surface area contributed by atoms with Crippen molar-refractivity contribution in [1.29, 1.82) is 0 Å². The first-order valence-corrected chi connectivity index (χ1v) is 6.88. The Balaban J connectivity index is 1.94. The highest BCUT2D eigenvalue weighted by atomic mass is 35.5. The Hall–Kier alpha value is -1.03. The third-order valence-electron chi connectivity index (χ3n) is 3.78. The van der Waals surface area contributed by atoms with Crippen LogP contribution >= 0.6 is 11.6 Å². The van der Waals surface area contributed by atoms with E-state index in [1.807, 2.05) is 6.92 Å². The number of aromatic amines is 1. The number of hydrogen-bond donors (Lipinski definition) is 2. The molecule has 0 aliphatic heterocycles. The minimum atomic E-state index is 0.00722. The molecule has 0 aromatic carbocycles. The van der Waals surface area contributed by atoms with Gasteiger partial charge >= 0.3 is 0 Å². The predicted octanol–water partition coefficient (Wildman–Crippen LogP) is 3.67. The van der Waals surface area contributed by atoms with Gasteiger partial charge in [-0.15, -0.1) is 0 Å². The zero-order valence-corrected chi connectivity index (χ0v) is 11.7. The predicted molar refractivity (Wildman–Crippen MR) is 72.8 cm³/mol. The molecule has 1 aromatic heterocycles. The van der Waals surface area contributed by atoms with Gasteiger partial charge in [0.1, 0.15) is 5.02 Å². The van der Waals surface area contributed by atoms with Crippen LogP contribution in [-0.2, 0) is 4.79 Å². The number of aromatic nitrogens is 2. The van der Waals surface area contributed by atoms with E-state index in [2.05, 4.69) is 22.4 Å². The summed E-state index contributed by atoms with van der Waals surface area (Å²) in [5.74, 6) is 0.450. The summed E-state index contributed by atoms with van der Waals surface area (Å²) in [5.41, 5.74) is 0.913. The molecule has 0 saturated heterocycles. The van der Waals surface area contributed by atoms with Gasteiger partial charge in [0, 0.05) is 6.42 Å². The van der Waals surface area contributed by atoms with Gasteiger partial charge in [-0.2, -0.15) is 5.10 Å². The Morgan fingerprint density at radius 1 is 1.44 bits per heavy atom. The Morgan fingerprint density at radius 3 is 2.67 bits per heavy atom. The Bertz CT molecular complexity index is 435. The van der Waals surface area contributed by atoms with Crippen molar-refractivity contribution in [3.05, 3.63) is 10.7 Å². The minimum absolute atomic E-state index is 0.00722. The molecule has 1 aliphatic rings. The highest BCUT2D eigenvalue weighted by molar-refractivity contribution is 6.34. The third-order valence-corrected chi connectivity index (χ3v) is 4.24. The highest BCUT2D eigenvalue weighted by Crippen LogP contribution is 2.39. The zero-order chi connectivity index (χ0) is 13.2. The maximum absolute atomic E-state index is 12.0. The molecular formula is C13H20ClN3O. The van der Waals surface area contributed by atoms with E-state index < -0.39 is 0 Å². The van der Waals surface area contributed by atoms with Gasteiger partial charge in [0.05, 0.1) is 5.69 Å². The number of hydrogen-bond acceptors (Lipinski definition) is 2. The molecule has 0 spiro atoms. The van der Waals surface area contributed by atoms with E-state index >= 15 is 0 Å². The van der Waals surface area contributed by atoms with E-state index in [1.54, 1.807) is 0 Å². The second-order valence-electron chi connectivity index (χ2n) is 5.61. The molecule has 1 amide bonds. The molecule has 2 rings (SSSR count). The van der Waals surface area contributed by atoms with Crippen molar-refractivity contribution >= 4 is 23.3 Å². The molecule has 1 fully saturated rings. The van der Waals surface area contributed by atoms with Crippen LogP contribution in [0, 0.1) is 12.3 Å². The van der Waals surface area contributed by atoms with Crippen LogP contribution in [0.3, 0.4) is 0 Å². The van der Waals surface area contributed by atoms with Gasteiger partial charge < -0.3 is 5.32 Å². The van der Waals surface area contributed by atoms with Crippen molar-refractivity contribution in [2.24, 2.45) is 5.41 Å². The number of carbonyl (C=O) groups is 1. The van der Waals surface area contributed by atoms with Gasteiger partial charge in [-0.05, 0) is 25.2 Å². The average Bonchev–Trinajstić information content (AvgIpc) is 2.61. The molecule has 5 heteroatoms. The second kappa shape index (κ2) is 5.31. The molecule has 4 nitrogen and oxygen atoms in total. The van der Waals surface area contributed by atoms with Gasteiger partial charge in [0.15, 0.2) is 5.82 Å². The fourth-order valence-corrected chi connectivity index (χ4v) is 2.78. The number of H-pyrrole nitrogens is 1. The molecule has 18 heavy (non-hydrogen) atoms. The van der Waals surface area contributed by atoms with Crippen molar-refractivity contribution in [1.82, 2.24) is 10.2 Å². The monoisotopic (exact) mass is 269 g/mol. The van der Waals surface area contributed by atoms with Gasteiger partial charge in [-0.1, -0.05) is 37.8 Å². The molecule has 1 saturated carbocycles. The summed E-state index contributed by atoms with van der Waals surface area (Å²) in [6.07, 6.45) is 6.57. The van der Waals surface area contributed by atoms with Crippen LogP contribution in [0.15, 0.2) is 0 Å². The van der Waals surface area contributed by atoms with Crippen LogP contribution in [-0.4, -0.2) is 16.1 Å². The quantitative estimate of drug-likeness (QED) is 0.880. The fourth-order valence-electron chi connectivity index (χ4n) is 2.64. The van der Waals surface area contributed by atoms with Crippen molar-refractivity contribution in [3.63, 3.8) is 0 Å². The molecule has 0 atom stereocenters. The SMILES string of the molecule is Cc1[nH]nc(NC(=O)CC2(C)CCCCC2)c1Cl. The van der Waals surface area contributed by atoms with Gasteiger partial charge in [-0.3, -0.25) is 9.89 Å². The summed E-state index contributed by atoms with van der Waals surface area (Å²) in [7, 11) is 0. The van der Waals surface area contributed by atoms with Crippen LogP contribution in [0.1, 0.15) is 51.1 Å². The Morgan fingerprint density at radius 2 is 2.11 bits per heavy atom. The maximum Gasteiger partial charge on any atom is 0.226 e. The summed E-state index contributed by atoms with van der Waals surface area (Å²) in [6, 6.07) is 0. The van der Waals surface area contributed by atoms with E-state index in [0.29, 0.717) is 17.3 Å². The van der Waals surface area contributed by atoms with E-state index in [0.717, 1.165) is 18.5 Å². The first-order chi connectivity index (χ1) is 8.50. The number of rotatable bonds is 3. The average molecular weight is 270 g/mol. The van der Waals surface area contributed by atoms with Gasteiger partial charge in [0.25, 0.3) is 0 Å². The van der Waals surface area contributed by atoms with Crippen LogP contribution in [0.4, 0.5) is 5.82 Å². The number of nitrogens with one attached hydrogen (secondary N) is 2. The lowest BCUT2D eigenvalue weighted by atomic mass is 9.73. The second-order valence-corrected chi connectivity index (χ2v) is 5.99. The van der Waals surface area contributed by atoms with Crippen LogP contribution in [0.2, 0.25) is 5.02 Å². The maximum atomic E-state index is 12.0. The summed E-state index contributed by atoms with van der Waals surface area (Å²) >= 11 is 6.02. The van der Waals surface area contributed by atoms with Crippen molar-refractivity contribution in [3.8, 4) is 0 Å². The molecule has 0 unspecified atom stereocenters. The van der Waals surface area contributed by atoms with Crippen molar-refractivity contribution in [2.45, 2.75) is 52.4 Å². The van der Waals surface area contributed by atoms with E-state index in [1.165, 1.54) is 19.3 Å². The smallest absolute Gasteiger partial charge is 0.226 e. The first kappa shape index (κ1) is 13.4. The molecule has 100 valence electrons. The number of anilines is 1. The normalized spacial score (nSPS) is 18.6. The molecular weight excluding hydrogens is 250 g/mol. The number of carbonyl (C=O) groups excluding carboxylic acids is 1. The molecule has 1 aromatic rings. The molecule has 0 bridgehead atoms. The lowest BCUT2D eigenvalue weighted by Crippen LogP contribution is -2.27. The van der Waals surface area contributed by atoms with Crippen LogP contribution < -0.4 is 5.32 Å². The Labute approximate surface area is 112 Å². The van der Waals surface area contributed by atoms with Crippen LogP contribution in [0.25, 0.3) is 0 Å². The largest absolute Gasteiger partial charge is 0.308 e. The molecule has 0 radical (unpaired) electrons. The zero-order valence-electron chi connectivity index (χ0n) is 11.0. The summed E-state index contributed by atoms with van der Waals surface area (Å²) in [4.78, 5) is 12.0. The molecule has 2 N–H and O–H groups in total. The highest BCUT2D eigenvalue weighted by Gasteiger charge is 2.29. The summed E-state index contributed by atoms with van der Waals surface area (Å²) in [5, 5.41) is 10.0. The summed E-state index contributed by atoms with van der Waals surface area (Å²) in [6.45, 7) is 4.02. The molecule has 1 heterocycles. The number of amides is 1. The van der Waals surface area contributed by atoms with E-state index in [9.17, 15) is 4.79 Å². The standard InChI is InChI=1S/C13H20ClN3O/c1-9-11(14)12(17-16-9)15-10(18)8-13(2)6-4-3-5-7-13/h3-8H2,1-2H3,(H2,15,16,17,18). The third kappa shape index (κ3) is 3.05. The summed E-state index contributed by atoms with van der Waals surface area (Å²) < 4.78 is 0. The van der Waals surface area contributed by atoms with Crippen LogP contribution in [0.5, 0.6) is 0 Å². The number of halogens is 1. The lowest BCUT2D eigenvalue weighted by Gasteiger charge is -2.32. The van der Waals surface area contributed by atoms with Crippen molar-refractivity contribution in [2.75, 3.05) is 5.32 Å².